The molecule has 1 aromatic rings. The number of carbonyl (C=O) groups is 1. The van der Waals surface area contributed by atoms with Gasteiger partial charge >= 0.3 is 0 Å². The van der Waals surface area contributed by atoms with Gasteiger partial charge in [0, 0.05) is 32.6 Å². The number of nitrogens with one attached hydrogen (secondary N) is 2. The first kappa shape index (κ1) is 18.4. The largest absolute Gasteiger partial charge is 0.376 e. The van der Waals surface area contributed by atoms with Crippen LogP contribution in [0.15, 0.2) is 24.3 Å². The first-order valence-corrected chi connectivity index (χ1v) is 9.58. The van der Waals surface area contributed by atoms with Crippen LogP contribution < -0.4 is 10.6 Å². The lowest BCUT2D eigenvalue weighted by Crippen LogP contribution is -2.40. The van der Waals surface area contributed by atoms with E-state index in [-0.39, 0.29) is 5.91 Å². The van der Waals surface area contributed by atoms with Crippen LogP contribution in [0.3, 0.4) is 0 Å². The Morgan fingerprint density at radius 1 is 1.40 bits per heavy atom. The van der Waals surface area contributed by atoms with E-state index in [2.05, 4.69) is 46.7 Å². The molecule has 2 aliphatic rings. The Hall–Kier alpha value is -1.43. The van der Waals surface area contributed by atoms with Gasteiger partial charge in [-0.15, -0.1) is 0 Å². The molecule has 2 N–H and O–H groups in total. The Morgan fingerprint density at radius 2 is 2.28 bits per heavy atom. The predicted octanol–water partition coefficient (Wildman–Crippen LogP) is 1.91. The Balaban J connectivity index is 1.42. The van der Waals surface area contributed by atoms with Crippen molar-refractivity contribution in [2.24, 2.45) is 5.92 Å². The molecule has 0 radical (unpaired) electrons. The van der Waals surface area contributed by atoms with Crippen molar-refractivity contribution in [1.29, 1.82) is 0 Å². The fourth-order valence-corrected chi connectivity index (χ4v) is 3.72. The summed E-state index contributed by atoms with van der Waals surface area (Å²) in [6.45, 7) is 8.64. The van der Waals surface area contributed by atoms with Crippen molar-refractivity contribution in [2.75, 3.05) is 32.8 Å². The maximum absolute atomic E-state index is 12.1. The first-order chi connectivity index (χ1) is 12.2. The molecule has 25 heavy (non-hydrogen) atoms. The van der Waals surface area contributed by atoms with Crippen LogP contribution in [0.2, 0.25) is 0 Å². The maximum atomic E-state index is 12.1. The number of hydrogen-bond acceptors (Lipinski definition) is 4. The van der Waals surface area contributed by atoms with Gasteiger partial charge in [0.15, 0.2) is 0 Å². The van der Waals surface area contributed by atoms with Crippen molar-refractivity contribution in [3.63, 3.8) is 0 Å². The minimum atomic E-state index is 0.166. The number of benzene rings is 1. The van der Waals surface area contributed by atoms with Gasteiger partial charge in [0.2, 0.25) is 5.91 Å². The van der Waals surface area contributed by atoms with Crippen LogP contribution in [-0.2, 0) is 22.6 Å². The smallest absolute Gasteiger partial charge is 0.220 e. The Labute approximate surface area is 151 Å². The minimum absolute atomic E-state index is 0.166. The molecular weight excluding hydrogens is 314 g/mol. The molecule has 1 amide bonds. The van der Waals surface area contributed by atoms with E-state index < -0.39 is 0 Å². The van der Waals surface area contributed by atoms with Gasteiger partial charge in [-0.3, -0.25) is 9.69 Å². The fraction of sp³-hybridized carbons (Fsp3) is 0.650. The van der Waals surface area contributed by atoms with E-state index in [1.807, 2.05) is 0 Å². The third-order valence-electron chi connectivity index (χ3n) is 5.15. The van der Waals surface area contributed by atoms with Crippen molar-refractivity contribution >= 4 is 5.91 Å². The summed E-state index contributed by atoms with van der Waals surface area (Å²) in [7, 11) is 0. The Morgan fingerprint density at radius 3 is 3.08 bits per heavy atom. The van der Waals surface area contributed by atoms with Crippen molar-refractivity contribution < 1.29 is 9.53 Å². The number of amides is 1. The SMILES string of the molecule is CC1CN(Cc2cccc(CNC(=O)CCC3CCNC3)c2)CCO1. The number of carbonyl (C=O) groups excluding carboxylic acids is 1. The summed E-state index contributed by atoms with van der Waals surface area (Å²) in [6.07, 6.45) is 3.15. The molecule has 0 aromatic heterocycles. The van der Waals surface area contributed by atoms with E-state index in [1.54, 1.807) is 0 Å². The zero-order valence-electron chi connectivity index (χ0n) is 15.3. The average molecular weight is 345 g/mol. The molecule has 2 aliphatic heterocycles. The van der Waals surface area contributed by atoms with E-state index in [0.717, 1.165) is 45.8 Å². The molecule has 2 saturated heterocycles. The molecule has 1 aromatic carbocycles. The van der Waals surface area contributed by atoms with Gasteiger partial charge in [-0.2, -0.15) is 0 Å². The molecule has 2 unspecified atom stereocenters. The van der Waals surface area contributed by atoms with Gasteiger partial charge in [0.25, 0.3) is 0 Å². The topological polar surface area (TPSA) is 53.6 Å². The lowest BCUT2D eigenvalue weighted by molar-refractivity contribution is -0.121. The molecule has 5 heteroatoms. The van der Waals surface area contributed by atoms with Crippen molar-refractivity contribution in [2.45, 2.75) is 45.4 Å². The van der Waals surface area contributed by atoms with Crippen LogP contribution in [-0.4, -0.2) is 49.7 Å². The molecule has 2 fully saturated rings. The number of ether oxygens (including phenoxy) is 1. The Kier molecular flexibility index (Phi) is 6.84. The number of rotatable bonds is 7. The van der Waals surface area contributed by atoms with Crippen molar-refractivity contribution in [3.8, 4) is 0 Å². The molecule has 0 bridgehead atoms. The van der Waals surface area contributed by atoms with E-state index in [9.17, 15) is 4.79 Å². The van der Waals surface area contributed by atoms with Crippen LogP contribution in [0.4, 0.5) is 0 Å². The summed E-state index contributed by atoms with van der Waals surface area (Å²) in [5, 5.41) is 6.42. The summed E-state index contributed by atoms with van der Waals surface area (Å²) in [5.74, 6) is 0.837. The first-order valence-electron chi connectivity index (χ1n) is 9.58. The third-order valence-corrected chi connectivity index (χ3v) is 5.15. The molecular formula is C20H31N3O2. The monoisotopic (exact) mass is 345 g/mol. The molecule has 0 spiro atoms. The maximum Gasteiger partial charge on any atom is 0.220 e. The highest BCUT2D eigenvalue weighted by atomic mass is 16.5. The molecule has 0 aliphatic carbocycles. The molecule has 3 rings (SSSR count). The fourth-order valence-electron chi connectivity index (χ4n) is 3.72. The third kappa shape index (κ3) is 6.10. The quantitative estimate of drug-likeness (QED) is 0.793. The second-order valence-electron chi connectivity index (χ2n) is 7.41. The molecule has 2 atom stereocenters. The van der Waals surface area contributed by atoms with Crippen LogP contribution in [0.25, 0.3) is 0 Å². The minimum Gasteiger partial charge on any atom is -0.376 e. The van der Waals surface area contributed by atoms with Crippen molar-refractivity contribution in [3.05, 3.63) is 35.4 Å². The molecule has 0 saturated carbocycles. The summed E-state index contributed by atoms with van der Waals surface area (Å²) < 4.78 is 5.60. The Bertz CT molecular complexity index is 558. The lowest BCUT2D eigenvalue weighted by Gasteiger charge is -2.31. The lowest BCUT2D eigenvalue weighted by atomic mass is 10.0. The van der Waals surface area contributed by atoms with Gasteiger partial charge in [-0.1, -0.05) is 24.3 Å². The highest BCUT2D eigenvalue weighted by Crippen LogP contribution is 2.15. The number of morpholine rings is 1. The van der Waals surface area contributed by atoms with Gasteiger partial charge in [-0.05, 0) is 49.9 Å². The standard InChI is InChI=1S/C20H31N3O2/c1-16-14-23(9-10-25-16)15-19-4-2-3-18(11-19)13-22-20(24)6-5-17-7-8-21-12-17/h2-4,11,16-17,21H,5-10,12-15H2,1H3,(H,22,24). The van der Waals surface area contributed by atoms with Gasteiger partial charge in [-0.25, -0.2) is 0 Å². The normalized spacial score (nSPS) is 24.4. The van der Waals surface area contributed by atoms with E-state index in [0.29, 0.717) is 25.0 Å². The van der Waals surface area contributed by atoms with Crippen LogP contribution in [0.5, 0.6) is 0 Å². The highest BCUT2D eigenvalue weighted by Gasteiger charge is 2.17. The second kappa shape index (κ2) is 9.32. The summed E-state index contributed by atoms with van der Waals surface area (Å²) in [4.78, 5) is 14.5. The van der Waals surface area contributed by atoms with Crippen LogP contribution in [0, 0.1) is 5.92 Å². The molecule has 138 valence electrons. The summed E-state index contributed by atoms with van der Waals surface area (Å²) in [5.41, 5.74) is 2.48. The predicted molar refractivity (Wildman–Crippen MR) is 99.2 cm³/mol. The van der Waals surface area contributed by atoms with E-state index in [1.165, 1.54) is 17.5 Å². The second-order valence-corrected chi connectivity index (χ2v) is 7.41. The van der Waals surface area contributed by atoms with Gasteiger partial charge in [0.05, 0.1) is 12.7 Å². The zero-order chi connectivity index (χ0) is 17.5. The van der Waals surface area contributed by atoms with Gasteiger partial charge < -0.3 is 15.4 Å². The van der Waals surface area contributed by atoms with Crippen molar-refractivity contribution in [1.82, 2.24) is 15.5 Å². The number of nitrogens with zero attached hydrogens (tertiary/aromatic N) is 1. The van der Waals surface area contributed by atoms with Crippen LogP contribution >= 0.6 is 0 Å². The summed E-state index contributed by atoms with van der Waals surface area (Å²) >= 11 is 0. The highest BCUT2D eigenvalue weighted by molar-refractivity contribution is 5.75. The summed E-state index contributed by atoms with van der Waals surface area (Å²) in [6, 6.07) is 8.55. The number of hydrogen-bond donors (Lipinski definition) is 2. The molecule has 5 nitrogen and oxygen atoms in total. The van der Waals surface area contributed by atoms with Crippen LogP contribution in [0.1, 0.15) is 37.3 Å². The zero-order valence-corrected chi connectivity index (χ0v) is 15.3. The van der Waals surface area contributed by atoms with E-state index >= 15 is 0 Å². The molecule has 2 heterocycles. The average Bonchev–Trinajstić information content (AvgIpc) is 3.12. The van der Waals surface area contributed by atoms with E-state index in [4.69, 9.17) is 4.74 Å². The van der Waals surface area contributed by atoms with Gasteiger partial charge in [0.1, 0.15) is 0 Å².